The molecule has 1 aromatic carbocycles. The first-order chi connectivity index (χ1) is 10.1. The van der Waals surface area contributed by atoms with Gasteiger partial charge in [0, 0.05) is 25.7 Å². The van der Waals surface area contributed by atoms with Crippen LogP contribution in [-0.4, -0.2) is 24.5 Å². The van der Waals surface area contributed by atoms with Crippen LogP contribution in [0.15, 0.2) is 12.1 Å². The number of hydrogen-bond acceptors (Lipinski definition) is 2. The molecular weight excluding hydrogens is 277 g/mol. The average Bonchev–Trinajstić information content (AvgIpc) is 3.32. The van der Waals surface area contributed by atoms with Gasteiger partial charge in [-0.15, -0.1) is 0 Å². The Morgan fingerprint density at radius 2 is 1.48 bits per heavy atom. The molecule has 2 fully saturated rings. The van der Waals surface area contributed by atoms with Crippen LogP contribution < -0.4 is 5.73 Å². The maximum atomic E-state index is 13.5. The topological polar surface area (TPSA) is 29.3 Å². The van der Waals surface area contributed by atoms with Crippen LogP contribution in [-0.2, 0) is 0 Å². The molecule has 1 aromatic rings. The van der Waals surface area contributed by atoms with Crippen LogP contribution >= 0.6 is 0 Å². The second kappa shape index (κ2) is 5.97. The lowest BCUT2D eigenvalue weighted by Crippen LogP contribution is -2.37. The Morgan fingerprint density at radius 1 is 1.00 bits per heavy atom. The Labute approximate surface area is 123 Å². The van der Waals surface area contributed by atoms with Gasteiger partial charge in [-0.05, 0) is 55.2 Å². The molecule has 2 N–H and O–H groups in total. The highest BCUT2D eigenvalue weighted by Gasteiger charge is 2.33. The second-order valence-corrected chi connectivity index (χ2v) is 6.39. The Hall–Kier alpha value is -1.07. The third kappa shape index (κ3) is 3.58. The number of rotatable bonds is 7. The summed E-state index contributed by atoms with van der Waals surface area (Å²) in [7, 11) is 0. The van der Waals surface area contributed by atoms with Gasteiger partial charge in [-0.2, -0.15) is 0 Å². The van der Waals surface area contributed by atoms with Crippen molar-refractivity contribution in [1.82, 2.24) is 4.90 Å². The van der Waals surface area contributed by atoms with E-state index < -0.39 is 17.5 Å². The minimum Gasteiger partial charge on any atom is -0.329 e. The molecule has 2 aliphatic rings. The van der Waals surface area contributed by atoms with Crippen molar-refractivity contribution in [1.29, 1.82) is 0 Å². The molecule has 116 valence electrons. The first-order valence-electron chi connectivity index (χ1n) is 7.67. The Bertz CT molecular complexity index is 475. The molecule has 2 aliphatic carbocycles. The summed E-state index contributed by atoms with van der Waals surface area (Å²) in [6, 6.07) is 1.93. The van der Waals surface area contributed by atoms with Crippen molar-refractivity contribution in [2.24, 2.45) is 17.6 Å². The van der Waals surface area contributed by atoms with Gasteiger partial charge in [-0.1, -0.05) is 0 Å². The lowest BCUT2D eigenvalue weighted by molar-refractivity contribution is 0.184. The average molecular weight is 298 g/mol. The van der Waals surface area contributed by atoms with Crippen molar-refractivity contribution >= 4 is 0 Å². The number of nitrogens with two attached hydrogens (primary N) is 1. The Morgan fingerprint density at radius 3 is 1.86 bits per heavy atom. The van der Waals surface area contributed by atoms with E-state index in [2.05, 4.69) is 4.90 Å². The van der Waals surface area contributed by atoms with Crippen molar-refractivity contribution in [3.63, 3.8) is 0 Å². The predicted octanol–water partition coefficient (Wildman–Crippen LogP) is 3.23. The fraction of sp³-hybridized carbons (Fsp3) is 0.625. The lowest BCUT2D eigenvalue weighted by Gasteiger charge is -2.31. The summed E-state index contributed by atoms with van der Waals surface area (Å²) >= 11 is 0. The van der Waals surface area contributed by atoms with Gasteiger partial charge in [0.1, 0.15) is 0 Å². The molecule has 0 aromatic heterocycles. The van der Waals surface area contributed by atoms with Crippen LogP contribution in [0.25, 0.3) is 0 Å². The van der Waals surface area contributed by atoms with E-state index in [0.29, 0.717) is 17.4 Å². The van der Waals surface area contributed by atoms with Crippen molar-refractivity contribution in [3.05, 3.63) is 35.1 Å². The van der Waals surface area contributed by atoms with Gasteiger partial charge in [0.2, 0.25) is 0 Å². The maximum Gasteiger partial charge on any atom is 0.194 e. The summed E-state index contributed by atoms with van der Waals surface area (Å²) in [6.07, 6.45) is 4.85. The molecule has 0 heterocycles. The fourth-order valence-corrected chi connectivity index (χ4v) is 2.86. The zero-order valence-electron chi connectivity index (χ0n) is 12.0. The van der Waals surface area contributed by atoms with Crippen LogP contribution in [0.4, 0.5) is 13.2 Å². The maximum absolute atomic E-state index is 13.5. The Kier molecular flexibility index (Phi) is 4.22. The SMILES string of the molecule is NCC(c1cc(F)c(F)c(F)c1)N(CC1CC1)CC1CC1. The molecule has 0 spiro atoms. The molecule has 0 bridgehead atoms. The zero-order chi connectivity index (χ0) is 15.0. The van der Waals surface area contributed by atoms with Crippen LogP contribution in [0.2, 0.25) is 0 Å². The van der Waals surface area contributed by atoms with E-state index in [1.807, 2.05) is 0 Å². The number of nitrogens with zero attached hydrogens (tertiary/aromatic N) is 1. The van der Waals surface area contributed by atoms with E-state index in [1.54, 1.807) is 0 Å². The summed E-state index contributed by atoms with van der Waals surface area (Å²) in [5.74, 6) is -2.34. The Balaban J connectivity index is 1.82. The van der Waals surface area contributed by atoms with Crippen LogP contribution in [0, 0.1) is 29.3 Å². The molecule has 0 radical (unpaired) electrons. The number of benzene rings is 1. The highest BCUT2D eigenvalue weighted by Crippen LogP contribution is 2.37. The van der Waals surface area contributed by atoms with Crippen LogP contribution in [0.5, 0.6) is 0 Å². The van der Waals surface area contributed by atoms with Gasteiger partial charge in [0.25, 0.3) is 0 Å². The summed E-state index contributed by atoms with van der Waals surface area (Å²) in [5, 5.41) is 0. The molecule has 2 nitrogen and oxygen atoms in total. The first-order valence-corrected chi connectivity index (χ1v) is 7.67. The largest absolute Gasteiger partial charge is 0.329 e. The summed E-state index contributed by atoms with van der Waals surface area (Å²) in [6.45, 7) is 2.11. The molecule has 0 amide bonds. The van der Waals surface area contributed by atoms with Gasteiger partial charge in [0.15, 0.2) is 17.5 Å². The normalized spacial score (nSPS) is 20.0. The smallest absolute Gasteiger partial charge is 0.194 e. The van der Waals surface area contributed by atoms with E-state index in [9.17, 15) is 13.2 Å². The minimum absolute atomic E-state index is 0.240. The van der Waals surface area contributed by atoms with E-state index in [1.165, 1.54) is 25.7 Å². The molecule has 2 saturated carbocycles. The molecule has 1 unspecified atom stereocenters. The van der Waals surface area contributed by atoms with Gasteiger partial charge >= 0.3 is 0 Å². The number of halogens is 3. The first kappa shape index (κ1) is 14.9. The third-order valence-electron chi connectivity index (χ3n) is 4.43. The van der Waals surface area contributed by atoms with E-state index in [-0.39, 0.29) is 12.6 Å². The lowest BCUT2D eigenvalue weighted by atomic mass is 10.0. The van der Waals surface area contributed by atoms with Gasteiger partial charge < -0.3 is 5.73 Å². The molecular formula is C16H21F3N2. The zero-order valence-corrected chi connectivity index (χ0v) is 12.0. The second-order valence-electron chi connectivity index (χ2n) is 6.39. The van der Waals surface area contributed by atoms with Crippen molar-refractivity contribution < 1.29 is 13.2 Å². The van der Waals surface area contributed by atoms with Gasteiger partial charge in [0.05, 0.1) is 0 Å². The van der Waals surface area contributed by atoms with E-state index in [0.717, 1.165) is 25.2 Å². The predicted molar refractivity (Wildman–Crippen MR) is 75.1 cm³/mol. The fourth-order valence-electron chi connectivity index (χ4n) is 2.86. The van der Waals surface area contributed by atoms with Gasteiger partial charge in [-0.3, -0.25) is 4.90 Å². The monoisotopic (exact) mass is 298 g/mol. The summed E-state index contributed by atoms with van der Waals surface area (Å²) in [5.41, 5.74) is 6.30. The van der Waals surface area contributed by atoms with Crippen LogP contribution in [0.3, 0.4) is 0 Å². The molecule has 1 atom stereocenters. The molecule has 21 heavy (non-hydrogen) atoms. The molecule has 0 aliphatic heterocycles. The van der Waals surface area contributed by atoms with Crippen molar-refractivity contribution in [2.75, 3.05) is 19.6 Å². The highest BCUT2D eigenvalue weighted by atomic mass is 19.2. The summed E-state index contributed by atoms with van der Waals surface area (Å²) < 4.78 is 40.1. The quantitative estimate of drug-likeness (QED) is 0.783. The highest BCUT2D eigenvalue weighted by molar-refractivity contribution is 5.23. The van der Waals surface area contributed by atoms with Crippen molar-refractivity contribution in [2.45, 2.75) is 31.7 Å². The van der Waals surface area contributed by atoms with Crippen LogP contribution in [0.1, 0.15) is 37.3 Å². The van der Waals surface area contributed by atoms with Gasteiger partial charge in [-0.25, -0.2) is 13.2 Å². The van der Waals surface area contributed by atoms with Crippen molar-refractivity contribution in [3.8, 4) is 0 Å². The molecule has 0 saturated heterocycles. The third-order valence-corrected chi connectivity index (χ3v) is 4.43. The molecule has 3 rings (SSSR count). The number of hydrogen-bond donors (Lipinski definition) is 1. The standard InChI is InChI=1S/C16H21F3N2/c17-13-5-12(6-14(18)16(13)19)15(7-20)21(8-10-1-2-10)9-11-3-4-11/h5-6,10-11,15H,1-4,7-9,20H2. The summed E-state index contributed by atoms with van der Waals surface area (Å²) in [4.78, 5) is 2.24. The minimum atomic E-state index is -1.41. The van der Waals surface area contributed by atoms with E-state index >= 15 is 0 Å². The molecule has 5 heteroatoms. The van der Waals surface area contributed by atoms with E-state index in [4.69, 9.17) is 5.73 Å².